The van der Waals surface area contributed by atoms with Crippen LogP contribution >= 0.6 is 11.3 Å². The third kappa shape index (κ3) is 17.4. The number of rotatable bonds is 13. The smallest absolute Gasteiger partial charge is 0.232 e. The first-order valence-corrected chi connectivity index (χ1v) is 52.5. The maximum absolute atomic E-state index is 2.53. The Bertz CT molecular complexity index is 8950. The predicted molar refractivity (Wildman–Crippen MR) is 630 cm³/mol. The molecule has 0 spiro atoms. The number of para-hydroxylation sites is 4. The summed E-state index contributed by atoms with van der Waals surface area (Å²) in [7, 11) is 10.9. The highest BCUT2D eigenvalue weighted by Gasteiger charge is 2.51. The van der Waals surface area contributed by atoms with Crippen LogP contribution in [0.1, 0.15) is 236 Å². The molecule has 0 atom stereocenters. The highest BCUT2D eigenvalue weighted by molar-refractivity contribution is 7.26. The molecule has 10 nitrogen and oxygen atoms in total. The number of thiophene rings is 1. The molecule has 0 radical (unpaired) electrons. The number of hydrogen-bond donors (Lipinski definition) is 0. The molecule has 0 bridgehead atoms. The number of aryl methyl sites for hydroxylation is 11. The van der Waals surface area contributed by atoms with Crippen molar-refractivity contribution in [2.75, 3.05) is 0 Å². The van der Waals surface area contributed by atoms with Crippen LogP contribution in [0, 0.1) is 59.3 Å². The summed E-state index contributed by atoms with van der Waals surface area (Å²) in [6, 6.07) is 93.7. The van der Waals surface area contributed by atoms with Gasteiger partial charge in [-0.1, -0.05) is 359 Å². The van der Waals surface area contributed by atoms with Crippen LogP contribution < -0.4 is 22.7 Å². The molecule has 11 heteroatoms. The van der Waals surface area contributed by atoms with E-state index < -0.39 is 0 Å². The first kappa shape index (κ1) is 105. The van der Waals surface area contributed by atoms with Crippen molar-refractivity contribution >= 4 is 141 Å². The molecule has 0 N–H and O–H groups in total. The highest BCUT2D eigenvalue weighted by atomic mass is 32.1. The average Bonchev–Trinajstić information content (AvgIpc) is 1.46. The van der Waals surface area contributed by atoms with Crippen molar-refractivity contribution in [2.24, 2.45) is 53.0 Å². The first-order chi connectivity index (χ1) is 68.1. The van der Waals surface area contributed by atoms with Gasteiger partial charge in [0.25, 0.3) is 28.4 Å². The largest absolute Gasteiger partial charge is 0.295 e. The van der Waals surface area contributed by atoms with Crippen LogP contribution in [-0.2, 0) is 65.3 Å². The van der Waals surface area contributed by atoms with E-state index in [1.165, 1.54) is 247 Å². The van der Waals surface area contributed by atoms with Crippen molar-refractivity contribution in [3.05, 3.63) is 370 Å². The van der Waals surface area contributed by atoms with E-state index in [2.05, 4.69) is 525 Å². The van der Waals surface area contributed by atoms with Gasteiger partial charge in [-0.05, 0) is 176 Å². The number of nitrogens with zero attached hydrogens (tertiary/aromatic N) is 10. The Hall–Kier alpha value is -13.9. The SMILES string of the molecule is C.C.C.C.Cc1cccc2c3cccc4c3n3c(c[n+](C)c3c12)C(C)(C)C4(C)C.Cc1cccc2c3ccccc3[n+]3cc(C)n(C)c3c12.Cc1cccc2c3ccccc3n3c(-c4c(CC(C)C)cccc4C(C)C)c[n+](C)c3c12.Cc1cccc2c3ccccc3n3c(-c4c(CC(C)C)cccc4CC(C)C)c[n+](C)c3c12.Cc1ccccc1-c1n(-c2c(C(C)C)cc3c(sc4ccccc43)c2C(C)C)cc[n+]1C. The topological polar surface area (TPSA) is 42.7 Å². The molecule has 24 rings (SSSR count). The number of pyridine rings is 4. The van der Waals surface area contributed by atoms with Crippen molar-refractivity contribution in [2.45, 2.75) is 230 Å². The van der Waals surface area contributed by atoms with Gasteiger partial charge in [-0.3, -0.25) is 0 Å². The molecule has 11 heterocycles. The summed E-state index contributed by atoms with van der Waals surface area (Å²) in [4.78, 5) is 0. The minimum Gasteiger partial charge on any atom is -0.232 e. The van der Waals surface area contributed by atoms with Gasteiger partial charge >= 0.3 is 0 Å². The molecule has 1 aliphatic rings. The second-order valence-corrected chi connectivity index (χ2v) is 45.1. The number of fused-ring (bicyclic) bond motifs is 24. The van der Waals surface area contributed by atoms with Crippen molar-refractivity contribution in [3.8, 4) is 39.6 Å². The normalized spacial score (nSPS) is 12.7. The van der Waals surface area contributed by atoms with Crippen LogP contribution in [0.15, 0.2) is 292 Å². The predicted octanol–water partition coefficient (Wildman–Crippen LogP) is 33.9. The average molecular weight is 1950 g/mol. The summed E-state index contributed by atoms with van der Waals surface area (Å²) in [5.74, 6) is 4.35. The van der Waals surface area contributed by atoms with Crippen molar-refractivity contribution in [1.82, 2.24) is 22.3 Å². The minimum absolute atomic E-state index is 0. The zero-order valence-electron chi connectivity index (χ0n) is 88.7. The van der Waals surface area contributed by atoms with Crippen molar-refractivity contribution in [3.63, 3.8) is 0 Å². The fraction of sp³-hybridized carbons (Fsp3) is 0.311. The molecule has 0 saturated carbocycles. The lowest BCUT2D eigenvalue weighted by Gasteiger charge is -2.42. The van der Waals surface area contributed by atoms with E-state index in [9.17, 15) is 0 Å². The standard InChI is InChI=1S/C31H35N2.C30H33N2.C29H31N2S.C23H25N2.C18H17N2.4CH4/c1-20(2)17-23-12-10-13-24(18-21(3)4)30(23)28-19-32(6)31-29-22(5)11-9-15-26(29)25-14-7-8-16-27(25)33(28)31;1-19(2)17-22-12-10-14-23(20(3)4)29(22)27-18-31(6)30-28-21(5)11-9-15-25(28)24-13-7-8-16-26(24)32(27)30;1-18(2)23-17-24-22-13-9-10-14-25(22)32-28(24)26(19(3)4)27(23)31-16-15-30(6)29(31)21-12-8-7-11-20(21)5;1-14-9-7-10-15-16-11-8-12-17-20(16)25-18(23(4,5)22(17,2)3)13-24(6)21(25)19(14)15;1-12-7-6-9-15-14-8-4-5-10-16(14)20-11-13(2)19(3)18(20)17(12)15;;;;/h7-16,19-21H,17-18H2,1-6H3;7-16,18-20H,17H2,1-6H3;7-19H,1-6H3;7-13H,1-6H3;4-11H,1-3H3;4*1H4/q5*+1;;;;. The van der Waals surface area contributed by atoms with Crippen molar-refractivity contribution in [1.29, 1.82) is 0 Å². The summed E-state index contributed by atoms with van der Waals surface area (Å²) in [6.45, 7) is 50.7. The number of imidazole rings is 5. The molecule has 0 saturated heterocycles. The number of benzene rings is 13. The Morgan fingerprint density at radius 3 is 1.28 bits per heavy atom. The monoisotopic (exact) mass is 1950 g/mol. The molecule has 10 aromatic heterocycles. The molecule has 0 amide bonds. The van der Waals surface area contributed by atoms with Gasteiger partial charge in [0, 0.05) is 109 Å². The van der Waals surface area contributed by atoms with Crippen LogP contribution in [0.2, 0.25) is 0 Å². The Kier molecular flexibility index (Phi) is 29.4. The Balaban J connectivity index is 0.000000131. The Labute approximate surface area is 872 Å². The number of hydrogen-bond acceptors (Lipinski definition) is 1. The lowest BCUT2D eigenvalue weighted by molar-refractivity contribution is -0.659. The molecule has 0 unspecified atom stereocenters. The third-order valence-electron chi connectivity index (χ3n) is 31.4. The van der Waals surface area contributed by atoms with Crippen molar-refractivity contribution < 1.29 is 22.7 Å². The van der Waals surface area contributed by atoms with Gasteiger partial charge < -0.3 is 0 Å². The van der Waals surface area contributed by atoms with E-state index in [0.717, 1.165) is 19.3 Å². The maximum Gasteiger partial charge on any atom is 0.295 e. The van der Waals surface area contributed by atoms with Crippen LogP contribution in [0.4, 0.5) is 0 Å². The molecule has 0 aliphatic carbocycles. The van der Waals surface area contributed by atoms with Gasteiger partial charge in [0.05, 0.1) is 62.3 Å². The maximum atomic E-state index is 2.53. The van der Waals surface area contributed by atoms with E-state index in [1.54, 1.807) is 0 Å². The molecule has 146 heavy (non-hydrogen) atoms. The molecule has 0 fully saturated rings. The summed E-state index contributed by atoms with van der Waals surface area (Å²) >= 11 is 1.94. The summed E-state index contributed by atoms with van der Waals surface area (Å²) < 4.78 is 26.6. The van der Waals surface area contributed by atoms with Gasteiger partial charge in [-0.2, -0.15) is 22.2 Å². The fourth-order valence-electron chi connectivity index (χ4n) is 24.0. The Morgan fingerprint density at radius 2 is 0.760 bits per heavy atom. The molecular weight excluding hydrogens is 1790 g/mol. The lowest BCUT2D eigenvalue weighted by Crippen LogP contribution is -2.44. The highest BCUT2D eigenvalue weighted by Crippen LogP contribution is 2.53. The van der Waals surface area contributed by atoms with E-state index in [4.69, 9.17) is 0 Å². The zero-order chi connectivity index (χ0) is 100.0. The summed E-state index contributed by atoms with van der Waals surface area (Å²) in [6.07, 6.45) is 17.0. The second-order valence-electron chi connectivity index (χ2n) is 44.1. The lowest BCUT2D eigenvalue weighted by atomic mass is 9.61. The fourth-order valence-corrected chi connectivity index (χ4v) is 25.4. The van der Waals surface area contributed by atoms with E-state index in [1.807, 2.05) is 11.3 Å². The van der Waals surface area contributed by atoms with Crippen LogP contribution in [0.3, 0.4) is 0 Å². The van der Waals surface area contributed by atoms with Gasteiger partial charge in [-0.25, -0.2) is 22.8 Å². The third-order valence-corrected chi connectivity index (χ3v) is 32.6. The molecule has 748 valence electrons. The van der Waals surface area contributed by atoms with Crippen LogP contribution in [0.5, 0.6) is 0 Å². The molecule has 1 aliphatic heterocycles. The Morgan fingerprint density at radius 1 is 0.349 bits per heavy atom. The van der Waals surface area contributed by atoms with Crippen LogP contribution in [-0.4, -0.2) is 22.3 Å². The molecule has 13 aromatic carbocycles. The van der Waals surface area contributed by atoms with Gasteiger partial charge in [0.2, 0.25) is 0 Å². The summed E-state index contributed by atoms with van der Waals surface area (Å²) in [5, 5.41) is 18.8. The quantitative estimate of drug-likeness (QED) is 0.0816. The first-order valence-electron chi connectivity index (χ1n) is 51.7. The van der Waals surface area contributed by atoms with Gasteiger partial charge in [-0.15, -0.1) is 11.3 Å². The van der Waals surface area contributed by atoms with E-state index in [-0.39, 0.29) is 40.5 Å². The van der Waals surface area contributed by atoms with E-state index in [0.29, 0.717) is 35.5 Å². The molecular formula is C135H157N10S+5. The van der Waals surface area contributed by atoms with E-state index >= 15 is 0 Å². The van der Waals surface area contributed by atoms with Gasteiger partial charge in [0.15, 0.2) is 17.1 Å². The number of aromatic nitrogens is 10. The minimum atomic E-state index is 0. The second kappa shape index (κ2) is 40.9. The van der Waals surface area contributed by atoms with Crippen LogP contribution in [0.25, 0.3) is 169 Å². The summed E-state index contributed by atoms with van der Waals surface area (Å²) in [5.41, 5.74) is 37.9. The zero-order valence-corrected chi connectivity index (χ0v) is 89.5. The molecule has 23 aromatic rings. The van der Waals surface area contributed by atoms with Gasteiger partial charge in [0.1, 0.15) is 70.6 Å².